The van der Waals surface area contributed by atoms with E-state index in [0.717, 1.165) is 37.2 Å². The number of fused-ring (bicyclic) bond motifs is 1. The van der Waals surface area contributed by atoms with Gasteiger partial charge in [-0.05, 0) is 18.9 Å². The SMILES string of the molecule is COC1CCN(C2COc3ccccc3C2O)CC1. The molecule has 1 saturated heterocycles. The summed E-state index contributed by atoms with van der Waals surface area (Å²) in [4.78, 5) is 2.33. The largest absolute Gasteiger partial charge is 0.491 e. The van der Waals surface area contributed by atoms with Crippen LogP contribution in [0, 0.1) is 0 Å². The van der Waals surface area contributed by atoms with Crippen molar-refractivity contribution < 1.29 is 14.6 Å². The van der Waals surface area contributed by atoms with Gasteiger partial charge in [0.15, 0.2) is 0 Å². The molecular weight excluding hydrogens is 242 g/mol. The van der Waals surface area contributed by atoms with Crippen molar-refractivity contribution in [1.82, 2.24) is 4.90 Å². The Morgan fingerprint density at radius 1 is 1.26 bits per heavy atom. The van der Waals surface area contributed by atoms with Crippen LogP contribution in [0.3, 0.4) is 0 Å². The molecule has 2 unspecified atom stereocenters. The second-order valence-electron chi connectivity index (χ2n) is 5.33. The Kier molecular flexibility index (Phi) is 3.73. The summed E-state index contributed by atoms with van der Waals surface area (Å²) in [5.41, 5.74) is 0.910. The van der Waals surface area contributed by atoms with Gasteiger partial charge in [-0.25, -0.2) is 0 Å². The molecule has 0 bridgehead atoms. The number of nitrogens with zero attached hydrogens (tertiary/aromatic N) is 1. The minimum Gasteiger partial charge on any atom is -0.491 e. The highest BCUT2D eigenvalue weighted by Crippen LogP contribution is 2.34. The van der Waals surface area contributed by atoms with Gasteiger partial charge in [0.05, 0.1) is 12.1 Å². The van der Waals surface area contributed by atoms with Crippen molar-refractivity contribution in [2.45, 2.75) is 31.1 Å². The molecule has 0 saturated carbocycles. The van der Waals surface area contributed by atoms with Crippen LogP contribution in [0.2, 0.25) is 0 Å². The van der Waals surface area contributed by atoms with Crippen LogP contribution in [0.15, 0.2) is 24.3 Å². The number of para-hydroxylation sites is 1. The van der Waals surface area contributed by atoms with Gasteiger partial charge in [-0.15, -0.1) is 0 Å². The van der Waals surface area contributed by atoms with Crippen LogP contribution >= 0.6 is 0 Å². The van der Waals surface area contributed by atoms with E-state index in [0.29, 0.717) is 12.7 Å². The highest BCUT2D eigenvalue weighted by molar-refractivity contribution is 5.37. The molecule has 104 valence electrons. The van der Waals surface area contributed by atoms with Crippen LogP contribution in [0.4, 0.5) is 0 Å². The third kappa shape index (κ3) is 2.48. The minimum atomic E-state index is -0.455. The van der Waals surface area contributed by atoms with E-state index in [-0.39, 0.29) is 6.04 Å². The maximum absolute atomic E-state index is 10.5. The molecule has 2 atom stereocenters. The van der Waals surface area contributed by atoms with Crippen LogP contribution in [-0.4, -0.2) is 49.0 Å². The van der Waals surface area contributed by atoms with Crippen LogP contribution in [-0.2, 0) is 4.74 Å². The van der Waals surface area contributed by atoms with E-state index in [2.05, 4.69) is 4.90 Å². The Hall–Kier alpha value is -1.10. The number of hydrogen-bond acceptors (Lipinski definition) is 4. The second-order valence-corrected chi connectivity index (χ2v) is 5.33. The Labute approximate surface area is 113 Å². The number of benzene rings is 1. The van der Waals surface area contributed by atoms with Crippen LogP contribution in [0.25, 0.3) is 0 Å². The summed E-state index contributed by atoms with van der Waals surface area (Å²) >= 11 is 0. The van der Waals surface area contributed by atoms with E-state index < -0.39 is 6.10 Å². The lowest BCUT2D eigenvalue weighted by Crippen LogP contribution is -2.50. The summed E-state index contributed by atoms with van der Waals surface area (Å²) < 4.78 is 11.2. The predicted octanol–water partition coefficient (Wildman–Crippen LogP) is 1.59. The third-order valence-corrected chi connectivity index (χ3v) is 4.29. The Morgan fingerprint density at radius 3 is 2.74 bits per heavy atom. The van der Waals surface area contributed by atoms with Gasteiger partial charge in [0, 0.05) is 25.8 Å². The smallest absolute Gasteiger partial charge is 0.125 e. The molecule has 0 aliphatic carbocycles. The van der Waals surface area contributed by atoms with E-state index in [1.165, 1.54) is 0 Å². The third-order valence-electron chi connectivity index (χ3n) is 4.29. The summed E-state index contributed by atoms with van der Waals surface area (Å²) in [6.45, 7) is 2.49. The molecule has 4 nitrogen and oxygen atoms in total. The van der Waals surface area contributed by atoms with Gasteiger partial charge in [-0.3, -0.25) is 4.90 Å². The summed E-state index contributed by atoms with van der Waals surface area (Å²) in [6, 6.07) is 7.83. The minimum absolute atomic E-state index is 0.0627. The first-order valence-corrected chi connectivity index (χ1v) is 6.96. The van der Waals surface area contributed by atoms with Gasteiger partial charge >= 0.3 is 0 Å². The monoisotopic (exact) mass is 263 g/mol. The number of likely N-dealkylation sites (tertiary alicyclic amines) is 1. The molecule has 0 radical (unpaired) electrons. The first-order chi connectivity index (χ1) is 9.29. The number of ether oxygens (including phenoxy) is 2. The number of hydrogen-bond donors (Lipinski definition) is 1. The molecule has 0 spiro atoms. The lowest BCUT2D eigenvalue weighted by Gasteiger charge is -2.41. The zero-order chi connectivity index (χ0) is 13.2. The highest BCUT2D eigenvalue weighted by Gasteiger charge is 2.35. The van der Waals surface area contributed by atoms with Crippen molar-refractivity contribution in [2.75, 3.05) is 26.8 Å². The second kappa shape index (κ2) is 5.49. The molecule has 4 heteroatoms. The molecule has 0 amide bonds. The number of rotatable bonds is 2. The van der Waals surface area contributed by atoms with Gasteiger partial charge < -0.3 is 14.6 Å². The molecule has 2 heterocycles. The van der Waals surface area contributed by atoms with Gasteiger partial charge in [-0.1, -0.05) is 18.2 Å². The fourth-order valence-electron chi connectivity index (χ4n) is 3.08. The normalized spacial score (nSPS) is 28.7. The van der Waals surface area contributed by atoms with Crippen molar-refractivity contribution in [3.8, 4) is 5.75 Å². The summed E-state index contributed by atoms with van der Waals surface area (Å²) in [5, 5.41) is 10.5. The van der Waals surface area contributed by atoms with Crippen LogP contribution < -0.4 is 4.74 Å². The van der Waals surface area contributed by atoms with E-state index in [9.17, 15) is 5.11 Å². The number of piperidine rings is 1. The zero-order valence-electron chi connectivity index (χ0n) is 11.3. The van der Waals surface area contributed by atoms with Crippen molar-refractivity contribution in [2.24, 2.45) is 0 Å². The molecule has 3 rings (SSSR count). The quantitative estimate of drug-likeness (QED) is 0.880. The fourth-order valence-corrected chi connectivity index (χ4v) is 3.08. The first-order valence-electron chi connectivity index (χ1n) is 6.96. The molecule has 1 N–H and O–H groups in total. The average Bonchev–Trinajstić information content (AvgIpc) is 2.48. The molecule has 1 fully saturated rings. The van der Waals surface area contributed by atoms with Crippen molar-refractivity contribution >= 4 is 0 Å². The van der Waals surface area contributed by atoms with Crippen LogP contribution in [0.1, 0.15) is 24.5 Å². The summed E-state index contributed by atoms with van der Waals surface area (Å²) in [7, 11) is 1.77. The van der Waals surface area contributed by atoms with Crippen molar-refractivity contribution in [3.05, 3.63) is 29.8 Å². The Balaban J connectivity index is 1.71. The topological polar surface area (TPSA) is 41.9 Å². The van der Waals surface area contributed by atoms with Gasteiger partial charge in [0.2, 0.25) is 0 Å². The fraction of sp³-hybridized carbons (Fsp3) is 0.600. The number of aliphatic hydroxyl groups is 1. The van der Waals surface area contributed by atoms with Gasteiger partial charge in [0.25, 0.3) is 0 Å². The van der Waals surface area contributed by atoms with Crippen molar-refractivity contribution in [1.29, 1.82) is 0 Å². The lowest BCUT2D eigenvalue weighted by molar-refractivity contribution is -0.0319. The first kappa shape index (κ1) is 12.9. The Morgan fingerprint density at radius 2 is 2.00 bits per heavy atom. The number of methoxy groups -OCH3 is 1. The lowest BCUT2D eigenvalue weighted by atomic mass is 9.95. The number of aliphatic hydroxyl groups excluding tert-OH is 1. The van der Waals surface area contributed by atoms with E-state index >= 15 is 0 Å². The molecular formula is C15H21NO3. The highest BCUT2D eigenvalue weighted by atomic mass is 16.5. The van der Waals surface area contributed by atoms with Gasteiger partial charge in [-0.2, -0.15) is 0 Å². The standard InChI is InChI=1S/C15H21NO3/c1-18-11-6-8-16(9-7-11)13-10-19-14-5-3-2-4-12(14)15(13)17/h2-5,11,13,15,17H,6-10H2,1H3. The molecule has 0 aromatic heterocycles. The predicted molar refractivity (Wildman–Crippen MR) is 72.3 cm³/mol. The van der Waals surface area contributed by atoms with Gasteiger partial charge in [0.1, 0.15) is 18.5 Å². The maximum Gasteiger partial charge on any atom is 0.125 e. The zero-order valence-corrected chi connectivity index (χ0v) is 11.3. The summed E-state index contributed by atoms with van der Waals surface area (Å²) in [6.07, 6.45) is 1.97. The van der Waals surface area contributed by atoms with Crippen molar-refractivity contribution in [3.63, 3.8) is 0 Å². The average molecular weight is 263 g/mol. The van der Waals surface area contributed by atoms with Crippen LogP contribution in [0.5, 0.6) is 5.75 Å². The van der Waals surface area contributed by atoms with E-state index in [4.69, 9.17) is 9.47 Å². The molecule has 19 heavy (non-hydrogen) atoms. The van der Waals surface area contributed by atoms with E-state index in [1.54, 1.807) is 7.11 Å². The summed E-state index contributed by atoms with van der Waals surface area (Å²) in [5.74, 6) is 0.818. The molecule has 2 aliphatic heterocycles. The maximum atomic E-state index is 10.5. The molecule has 1 aromatic rings. The molecule has 2 aliphatic rings. The molecule has 1 aromatic carbocycles. The van der Waals surface area contributed by atoms with E-state index in [1.807, 2.05) is 24.3 Å². The Bertz CT molecular complexity index is 429.